The SMILES string of the molecule is C[C@H](Oc1cccc(F)c1)C(=O)N1CCN(c2cnccn2)CC1. The molecule has 7 heteroatoms. The lowest BCUT2D eigenvalue weighted by molar-refractivity contribution is -0.138. The number of aromatic nitrogens is 2. The number of hydrogen-bond acceptors (Lipinski definition) is 5. The van der Waals surface area contributed by atoms with Crippen molar-refractivity contribution in [1.82, 2.24) is 14.9 Å². The summed E-state index contributed by atoms with van der Waals surface area (Å²) in [4.78, 5) is 24.7. The molecule has 1 aliphatic heterocycles. The Hall–Kier alpha value is -2.70. The number of nitrogens with zero attached hydrogens (tertiary/aromatic N) is 4. The van der Waals surface area contributed by atoms with Crippen LogP contribution < -0.4 is 9.64 Å². The number of ether oxygens (including phenoxy) is 1. The monoisotopic (exact) mass is 330 g/mol. The van der Waals surface area contributed by atoms with Crippen LogP contribution in [0.15, 0.2) is 42.9 Å². The summed E-state index contributed by atoms with van der Waals surface area (Å²) in [6.07, 6.45) is 4.35. The van der Waals surface area contributed by atoms with Crippen LogP contribution in [0.3, 0.4) is 0 Å². The second-order valence-electron chi connectivity index (χ2n) is 5.59. The van der Waals surface area contributed by atoms with Crippen molar-refractivity contribution < 1.29 is 13.9 Å². The Bertz CT molecular complexity index is 690. The van der Waals surface area contributed by atoms with Crippen molar-refractivity contribution in [2.75, 3.05) is 31.1 Å². The van der Waals surface area contributed by atoms with Gasteiger partial charge >= 0.3 is 0 Å². The molecule has 2 aromatic rings. The quantitative estimate of drug-likeness (QED) is 0.854. The van der Waals surface area contributed by atoms with Gasteiger partial charge in [0.1, 0.15) is 17.4 Å². The van der Waals surface area contributed by atoms with Gasteiger partial charge in [-0.25, -0.2) is 9.37 Å². The third-order valence-electron chi connectivity index (χ3n) is 3.92. The van der Waals surface area contributed by atoms with Gasteiger partial charge in [-0.2, -0.15) is 0 Å². The van der Waals surface area contributed by atoms with Gasteiger partial charge in [0.25, 0.3) is 5.91 Å². The van der Waals surface area contributed by atoms with Gasteiger partial charge in [-0.15, -0.1) is 0 Å². The first-order chi connectivity index (χ1) is 11.6. The highest BCUT2D eigenvalue weighted by Crippen LogP contribution is 2.16. The van der Waals surface area contributed by atoms with Crippen molar-refractivity contribution in [3.63, 3.8) is 0 Å². The Morgan fingerprint density at radius 2 is 2.04 bits per heavy atom. The first-order valence-electron chi connectivity index (χ1n) is 7.85. The molecular formula is C17H19FN4O2. The van der Waals surface area contributed by atoms with Crippen molar-refractivity contribution in [3.05, 3.63) is 48.7 Å². The molecule has 1 aliphatic rings. The first kappa shape index (κ1) is 16.2. The van der Waals surface area contributed by atoms with Gasteiger partial charge in [0.05, 0.1) is 6.20 Å². The fourth-order valence-electron chi connectivity index (χ4n) is 2.66. The fourth-order valence-corrected chi connectivity index (χ4v) is 2.66. The van der Waals surface area contributed by atoms with E-state index in [0.717, 1.165) is 5.82 Å². The molecule has 24 heavy (non-hydrogen) atoms. The number of anilines is 1. The molecule has 1 aromatic carbocycles. The van der Waals surface area contributed by atoms with Gasteiger partial charge in [-0.3, -0.25) is 9.78 Å². The maximum atomic E-state index is 13.2. The second-order valence-corrected chi connectivity index (χ2v) is 5.59. The topological polar surface area (TPSA) is 58.6 Å². The maximum Gasteiger partial charge on any atom is 0.263 e. The van der Waals surface area contributed by atoms with Crippen LogP contribution in [0, 0.1) is 5.82 Å². The molecule has 1 saturated heterocycles. The molecule has 1 amide bonds. The van der Waals surface area contributed by atoms with Crippen LogP contribution in [0.1, 0.15) is 6.92 Å². The molecule has 2 heterocycles. The summed E-state index contributed by atoms with van der Waals surface area (Å²) >= 11 is 0. The Balaban J connectivity index is 1.55. The number of hydrogen-bond donors (Lipinski definition) is 0. The van der Waals surface area contributed by atoms with Crippen LogP contribution in [0.4, 0.5) is 10.2 Å². The molecule has 1 atom stereocenters. The van der Waals surface area contributed by atoms with E-state index in [1.807, 2.05) is 0 Å². The molecule has 0 bridgehead atoms. The van der Waals surface area contributed by atoms with E-state index in [0.29, 0.717) is 31.9 Å². The van der Waals surface area contributed by atoms with Crippen molar-refractivity contribution >= 4 is 11.7 Å². The third kappa shape index (κ3) is 3.79. The summed E-state index contributed by atoms with van der Waals surface area (Å²) in [5.74, 6) is 0.686. The van der Waals surface area contributed by atoms with E-state index in [1.165, 1.54) is 12.1 Å². The Morgan fingerprint density at radius 3 is 2.71 bits per heavy atom. The minimum atomic E-state index is -0.658. The molecule has 6 nitrogen and oxygen atoms in total. The number of rotatable bonds is 4. The number of benzene rings is 1. The zero-order valence-corrected chi connectivity index (χ0v) is 13.4. The lowest BCUT2D eigenvalue weighted by Gasteiger charge is -2.36. The van der Waals surface area contributed by atoms with Gasteiger partial charge in [0, 0.05) is 44.6 Å². The van der Waals surface area contributed by atoms with Crippen molar-refractivity contribution in [2.24, 2.45) is 0 Å². The molecule has 0 saturated carbocycles. The van der Waals surface area contributed by atoms with Crippen molar-refractivity contribution in [3.8, 4) is 5.75 Å². The highest BCUT2D eigenvalue weighted by Gasteiger charge is 2.26. The largest absolute Gasteiger partial charge is 0.481 e. The summed E-state index contributed by atoms with van der Waals surface area (Å²) in [6.45, 7) is 4.25. The third-order valence-corrected chi connectivity index (χ3v) is 3.92. The number of piperazine rings is 1. The molecule has 3 rings (SSSR count). The smallest absolute Gasteiger partial charge is 0.263 e. The zero-order chi connectivity index (χ0) is 16.9. The van der Waals surface area contributed by atoms with Crippen LogP contribution in [0.25, 0.3) is 0 Å². The van der Waals surface area contributed by atoms with E-state index < -0.39 is 6.10 Å². The summed E-state index contributed by atoms with van der Waals surface area (Å²) in [5.41, 5.74) is 0. The van der Waals surface area contributed by atoms with Crippen LogP contribution >= 0.6 is 0 Å². The average molecular weight is 330 g/mol. The molecule has 0 unspecified atom stereocenters. The molecule has 0 spiro atoms. The normalized spacial score (nSPS) is 15.9. The predicted octanol–water partition coefficient (Wildman–Crippen LogP) is 1.73. The zero-order valence-electron chi connectivity index (χ0n) is 13.4. The lowest BCUT2D eigenvalue weighted by Crippen LogP contribution is -2.52. The standard InChI is InChI=1S/C17H19FN4O2/c1-13(24-15-4-2-3-14(18)11-15)17(23)22-9-7-21(8-10-22)16-12-19-5-6-20-16/h2-6,11-13H,7-10H2,1H3/t13-/m0/s1. The van der Waals surface area contributed by atoms with Gasteiger partial charge in [0.2, 0.25) is 0 Å². The van der Waals surface area contributed by atoms with E-state index >= 15 is 0 Å². The average Bonchev–Trinajstić information content (AvgIpc) is 2.62. The second kappa shape index (κ2) is 7.25. The summed E-state index contributed by atoms with van der Waals surface area (Å²) in [7, 11) is 0. The van der Waals surface area contributed by atoms with Gasteiger partial charge in [-0.05, 0) is 19.1 Å². The van der Waals surface area contributed by atoms with E-state index in [9.17, 15) is 9.18 Å². The summed E-state index contributed by atoms with van der Waals surface area (Å²) in [5, 5.41) is 0. The highest BCUT2D eigenvalue weighted by atomic mass is 19.1. The molecule has 1 aromatic heterocycles. The summed E-state index contributed by atoms with van der Waals surface area (Å²) in [6, 6.07) is 5.81. The van der Waals surface area contributed by atoms with E-state index in [4.69, 9.17) is 4.74 Å². The van der Waals surface area contributed by atoms with Crippen molar-refractivity contribution in [1.29, 1.82) is 0 Å². The minimum absolute atomic E-state index is 0.0990. The minimum Gasteiger partial charge on any atom is -0.481 e. The van der Waals surface area contributed by atoms with Gasteiger partial charge in [-0.1, -0.05) is 6.07 Å². The Kier molecular flexibility index (Phi) is 4.88. The number of carbonyl (C=O) groups excluding carboxylic acids is 1. The first-order valence-corrected chi connectivity index (χ1v) is 7.85. The molecule has 0 radical (unpaired) electrons. The highest BCUT2D eigenvalue weighted by molar-refractivity contribution is 5.81. The summed E-state index contributed by atoms with van der Waals surface area (Å²) < 4.78 is 18.7. The van der Waals surface area contributed by atoms with Gasteiger partial charge < -0.3 is 14.5 Å². The lowest BCUT2D eigenvalue weighted by atomic mass is 10.2. The van der Waals surface area contributed by atoms with E-state index in [2.05, 4.69) is 14.9 Å². The molecular weight excluding hydrogens is 311 g/mol. The molecule has 1 fully saturated rings. The van der Waals surface area contributed by atoms with Gasteiger partial charge in [0.15, 0.2) is 6.10 Å². The number of carbonyl (C=O) groups is 1. The Labute approximate surface area is 139 Å². The van der Waals surface area contributed by atoms with Crippen LogP contribution in [-0.4, -0.2) is 53.1 Å². The Morgan fingerprint density at radius 1 is 1.25 bits per heavy atom. The maximum absolute atomic E-state index is 13.2. The van der Waals surface area contributed by atoms with Crippen LogP contribution in [-0.2, 0) is 4.79 Å². The van der Waals surface area contributed by atoms with Crippen LogP contribution in [0.5, 0.6) is 5.75 Å². The molecule has 0 aliphatic carbocycles. The van der Waals surface area contributed by atoms with E-state index in [1.54, 1.807) is 42.5 Å². The predicted molar refractivity (Wildman–Crippen MR) is 87.3 cm³/mol. The molecule has 126 valence electrons. The fraction of sp³-hybridized carbons (Fsp3) is 0.353. The van der Waals surface area contributed by atoms with Crippen LogP contribution in [0.2, 0.25) is 0 Å². The van der Waals surface area contributed by atoms with Crippen molar-refractivity contribution in [2.45, 2.75) is 13.0 Å². The number of amides is 1. The number of halogens is 1. The molecule has 0 N–H and O–H groups in total. The van der Waals surface area contributed by atoms with E-state index in [-0.39, 0.29) is 11.7 Å².